The summed E-state index contributed by atoms with van der Waals surface area (Å²) in [6.45, 7) is 1.54. The van der Waals surface area contributed by atoms with E-state index in [1.165, 1.54) is 0 Å². The van der Waals surface area contributed by atoms with E-state index in [-0.39, 0.29) is 5.92 Å². The SMILES string of the molecule is Cc1ccc(C2CCCCC2O)c(F)c1F. The summed E-state index contributed by atoms with van der Waals surface area (Å²) in [6.07, 6.45) is 2.81. The van der Waals surface area contributed by atoms with Crippen LogP contribution in [0.4, 0.5) is 8.78 Å². The minimum Gasteiger partial charge on any atom is -0.392 e. The zero-order valence-electron chi connectivity index (χ0n) is 9.34. The molecule has 1 saturated carbocycles. The van der Waals surface area contributed by atoms with Crippen molar-refractivity contribution in [2.45, 2.75) is 44.6 Å². The third-order valence-electron chi connectivity index (χ3n) is 3.43. The van der Waals surface area contributed by atoms with E-state index < -0.39 is 17.7 Å². The maximum Gasteiger partial charge on any atom is 0.162 e. The van der Waals surface area contributed by atoms with Crippen LogP contribution < -0.4 is 0 Å². The lowest BCUT2D eigenvalue weighted by Crippen LogP contribution is -2.23. The van der Waals surface area contributed by atoms with Gasteiger partial charge in [0.25, 0.3) is 0 Å². The second-order valence-corrected chi connectivity index (χ2v) is 4.56. The molecule has 0 aromatic heterocycles. The van der Waals surface area contributed by atoms with Crippen LogP contribution in [0.5, 0.6) is 0 Å². The summed E-state index contributed by atoms with van der Waals surface area (Å²) in [5, 5.41) is 9.82. The van der Waals surface area contributed by atoms with Gasteiger partial charge in [-0.05, 0) is 30.9 Å². The van der Waals surface area contributed by atoms with Crippen LogP contribution in [-0.4, -0.2) is 11.2 Å². The van der Waals surface area contributed by atoms with E-state index in [0.717, 1.165) is 19.3 Å². The Balaban J connectivity index is 2.36. The van der Waals surface area contributed by atoms with Gasteiger partial charge in [0, 0.05) is 5.92 Å². The van der Waals surface area contributed by atoms with Crippen molar-refractivity contribution in [2.75, 3.05) is 0 Å². The second kappa shape index (κ2) is 4.50. The number of halogens is 2. The first-order valence-electron chi connectivity index (χ1n) is 5.74. The summed E-state index contributed by atoms with van der Waals surface area (Å²) < 4.78 is 27.2. The minimum absolute atomic E-state index is 0.246. The minimum atomic E-state index is -0.786. The number of aliphatic hydroxyl groups excluding tert-OH is 1. The van der Waals surface area contributed by atoms with E-state index in [9.17, 15) is 13.9 Å². The van der Waals surface area contributed by atoms with Crippen LogP contribution in [0.3, 0.4) is 0 Å². The Kier molecular flexibility index (Phi) is 3.24. The molecule has 88 valence electrons. The molecule has 1 nitrogen and oxygen atoms in total. The fraction of sp³-hybridized carbons (Fsp3) is 0.538. The number of aliphatic hydroxyl groups is 1. The molecule has 1 aliphatic rings. The average Bonchev–Trinajstić information content (AvgIpc) is 2.28. The molecule has 0 bridgehead atoms. The van der Waals surface area contributed by atoms with Gasteiger partial charge in [0.05, 0.1) is 6.10 Å². The Bertz CT molecular complexity index is 390. The molecule has 0 radical (unpaired) electrons. The van der Waals surface area contributed by atoms with Crippen LogP contribution >= 0.6 is 0 Å². The van der Waals surface area contributed by atoms with Crippen molar-refractivity contribution in [1.29, 1.82) is 0 Å². The molecule has 2 atom stereocenters. The number of hydrogen-bond acceptors (Lipinski definition) is 1. The smallest absolute Gasteiger partial charge is 0.162 e. The Morgan fingerprint density at radius 1 is 1.12 bits per heavy atom. The highest BCUT2D eigenvalue weighted by atomic mass is 19.2. The van der Waals surface area contributed by atoms with Crippen molar-refractivity contribution >= 4 is 0 Å². The predicted octanol–water partition coefficient (Wildman–Crippen LogP) is 3.29. The van der Waals surface area contributed by atoms with Gasteiger partial charge >= 0.3 is 0 Å². The first-order chi connectivity index (χ1) is 7.61. The molecule has 1 fully saturated rings. The molecular formula is C13H16F2O. The topological polar surface area (TPSA) is 20.2 Å². The normalized spacial score (nSPS) is 25.8. The highest BCUT2D eigenvalue weighted by Crippen LogP contribution is 2.35. The van der Waals surface area contributed by atoms with E-state index in [0.29, 0.717) is 17.5 Å². The Morgan fingerprint density at radius 3 is 2.50 bits per heavy atom. The van der Waals surface area contributed by atoms with Gasteiger partial charge < -0.3 is 5.11 Å². The summed E-state index contributed by atoms with van der Waals surface area (Å²) >= 11 is 0. The van der Waals surface area contributed by atoms with Crippen LogP contribution in [0.2, 0.25) is 0 Å². The Labute approximate surface area is 94.1 Å². The van der Waals surface area contributed by atoms with Gasteiger partial charge in [-0.15, -0.1) is 0 Å². The summed E-state index contributed by atoms with van der Waals surface area (Å²) in [4.78, 5) is 0. The van der Waals surface area contributed by atoms with Crippen LogP contribution in [0.15, 0.2) is 12.1 Å². The zero-order valence-corrected chi connectivity index (χ0v) is 9.34. The lowest BCUT2D eigenvalue weighted by molar-refractivity contribution is 0.104. The fourth-order valence-electron chi connectivity index (χ4n) is 2.42. The molecule has 1 N–H and O–H groups in total. The number of aryl methyl sites for hydroxylation is 1. The third kappa shape index (κ3) is 1.96. The van der Waals surface area contributed by atoms with Gasteiger partial charge in [0.1, 0.15) is 0 Å². The second-order valence-electron chi connectivity index (χ2n) is 4.56. The van der Waals surface area contributed by atoms with Crippen molar-refractivity contribution < 1.29 is 13.9 Å². The van der Waals surface area contributed by atoms with Gasteiger partial charge in [-0.2, -0.15) is 0 Å². The van der Waals surface area contributed by atoms with Crippen LogP contribution in [-0.2, 0) is 0 Å². The molecule has 0 saturated heterocycles. The lowest BCUT2D eigenvalue weighted by atomic mass is 9.81. The average molecular weight is 226 g/mol. The van der Waals surface area contributed by atoms with Crippen molar-refractivity contribution in [3.8, 4) is 0 Å². The fourth-order valence-corrected chi connectivity index (χ4v) is 2.42. The number of rotatable bonds is 1. The molecule has 2 unspecified atom stereocenters. The van der Waals surface area contributed by atoms with Gasteiger partial charge in [0.15, 0.2) is 11.6 Å². The highest BCUT2D eigenvalue weighted by Gasteiger charge is 2.28. The first kappa shape index (κ1) is 11.5. The molecular weight excluding hydrogens is 210 g/mol. The summed E-state index contributed by atoms with van der Waals surface area (Å²) in [7, 11) is 0. The van der Waals surface area contributed by atoms with Crippen molar-refractivity contribution in [1.82, 2.24) is 0 Å². The van der Waals surface area contributed by atoms with Crippen molar-refractivity contribution in [3.63, 3.8) is 0 Å². The Morgan fingerprint density at radius 2 is 1.81 bits per heavy atom. The maximum absolute atomic E-state index is 13.7. The van der Waals surface area contributed by atoms with Gasteiger partial charge in [-0.25, -0.2) is 8.78 Å². The first-order valence-corrected chi connectivity index (χ1v) is 5.74. The predicted molar refractivity (Wildman–Crippen MR) is 58.3 cm³/mol. The monoisotopic (exact) mass is 226 g/mol. The molecule has 1 aromatic carbocycles. The summed E-state index contributed by atoms with van der Waals surface area (Å²) in [6, 6.07) is 3.18. The largest absolute Gasteiger partial charge is 0.392 e. The van der Waals surface area contributed by atoms with Gasteiger partial charge in [0.2, 0.25) is 0 Å². The number of hydrogen-bond donors (Lipinski definition) is 1. The molecule has 0 heterocycles. The van der Waals surface area contributed by atoms with Crippen LogP contribution in [0.25, 0.3) is 0 Å². The molecule has 1 aromatic rings. The molecule has 0 aliphatic heterocycles. The number of benzene rings is 1. The van der Waals surface area contributed by atoms with Gasteiger partial charge in [-0.3, -0.25) is 0 Å². The summed E-state index contributed by atoms with van der Waals surface area (Å²) in [5.74, 6) is -1.81. The van der Waals surface area contributed by atoms with E-state index in [1.807, 2.05) is 0 Å². The molecule has 2 rings (SSSR count). The zero-order chi connectivity index (χ0) is 11.7. The van der Waals surface area contributed by atoms with Crippen LogP contribution in [0.1, 0.15) is 42.7 Å². The lowest BCUT2D eigenvalue weighted by Gasteiger charge is -2.28. The van der Waals surface area contributed by atoms with E-state index in [4.69, 9.17) is 0 Å². The molecule has 1 aliphatic carbocycles. The van der Waals surface area contributed by atoms with Crippen molar-refractivity contribution in [3.05, 3.63) is 34.9 Å². The molecule has 0 amide bonds. The van der Waals surface area contributed by atoms with Crippen molar-refractivity contribution in [2.24, 2.45) is 0 Å². The quantitative estimate of drug-likeness (QED) is 0.779. The third-order valence-corrected chi connectivity index (χ3v) is 3.43. The molecule has 0 spiro atoms. The van der Waals surface area contributed by atoms with E-state index >= 15 is 0 Å². The summed E-state index contributed by atoms with van der Waals surface area (Å²) in [5.41, 5.74) is 0.641. The van der Waals surface area contributed by atoms with E-state index in [2.05, 4.69) is 0 Å². The molecule has 3 heteroatoms. The van der Waals surface area contributed by atoms with E-state index in [1.54, 1.807) is 19.1 Å². The standard InChI is InChI=1S/C13H16F2O/c1-8-6-7-10(13(15)12(8)14)9-4-2-3-5-11(9)16/h6-7,9,11,16H,2-5H2,1H3. The molecule has 16 heavy (non-hydrogen) atoms. The maximum atomic E-state index is 13.7. The van der Waals surface area contributed by atoms with Gasteiger partial charge in [-0.1, -0.05) is 25.0 Å². The highest BCUT2D eigenvalue weighted by molar-refractivity contribution is 5.29. The van der Waals surface area contributed by atoms with Crippen LogP contribution in [0, 0.1) is 18.6 Å². The Hall–Kier alpha value is -0.960.